The maximum absolute atomic E-state index is 10.7. The Morgan fingerprint density at radius 2 is 2.25 bits per heavy atom. The van der Waals surface area contributed by atoms with Gasteiger partial charge in [-0.05, 0) is 23.6 Å². The SMILES string of the molecule is CC(C=O)Cc1cccc(Cl)c1CC(=O)O. The lowest BCUT2D eigenvalue weighted by molar-refractivity contribution is -0.136. The molecule has 1 atom stereocenters. The summed E-state index contributed by atoms with van der Waals surface area (Å²) in [6, 6.07) is 5.24. The summed E-state index contributed by atoms with van der Waals surface area (Å²) in [4.78, 5) is 21.3. The highest BCUT2D eigenvalue weighted by Crippen LogP contribution is 2.22. The van der Waals surface area contributed by atoms with Crippen molar-refractivity contribution in [3.63, 3.8) is 0 Å². The largest absolute Gasteiger partial charge is 0.481 e. The van der Waals surface area contributed by atoms with Crippen LogP contribution >= 0.6 is 11.6 Å². The zero-order valence-electron chi connectivity index (χ0n) is 8.94. The molecule has 0 aromatic heterocycles. The molecule has 0 radical (unpaired) electrons. The van der Waals surface area contributed by atoms with E-state index in [1.165, 1.54) is 0 Å². The fraction of sp³-hybridized carbons (Fsp3) is 0.333. The Labute approximate surface area is 99.0 Å². The standard InChI is InChI=1S/C12H13ClO3/c1-8(7-14)5-9-3-2-4-11(13)10(9)6-12(15)16/h2-4,7-8H,5-6H2,1H3,(H,15,16). The van der Waals surface area contributed by atoms with Crippen LogP contribution in [0.25, 0.3) is 0 Å². The molecule has 1 unspecified atom stereocenters. The van der Waals surface area contributed by atoms with Crippen molar-refractivity contribution in [3.05, 3.63) is 34.3 Å². The van der Waals surface area contributed by atoms with Gasteiger partial charge < -0.3 is 9.90 Å². The van der Waals surface area contributed by atoms with E-state index in [1.807, 2.05) is 6.07 Å². The number of carbonyl (C=O) groups excluding carboxylic acids is 1. The first-order chi connectivity index (χ1) is 7.54. The Bertz CT molecular complexity index is 401. The van der Waals surface area contributed by atoms with Gasteiger partial charge in [-0.3, -0.25) is 4.79 Å². The van der Waals surface area contributed by atoms with E-state index in [1.54, 1.807) is 19.1 Å². The number of rotatable bonds is 5. The lowest BCUT2D eigenvalue weighted by Crippen LogP contribution is -2.08. The predicted molar refractivity (Wildman–Crippen MR) is 61.7 cm³/mol. The van der Waals surface area contributed by atoms with E-state index >= 15 is 0 Å². The summed E-state index contributed by atoms with van der Waals surface area (Å²) in [5.74, 6) is -1.06. The molecule has 0 saturated heterocycles. The monoisotopic (exact) mass is 240 g/mol. The van der Waals surface area contributed by atoms with Crippen molar-refractivity contribution < 1.29 is 14.7 Å². The van der Waals surface area contributed by atoms with Crippen LogP contribution in [0.3, 0.4) is 0 Å². The second-order valence-corrected chi connectivity index (χ2v) is 4.17. The quantitative estimate of drug-likeness (QED) is 0.804. The topological polar surface area (TPSA) is 54.4 Å². The van der Waals surface area contributed by atoms with Gasteiger partial charge in [0.05, 0.1) is 6.42 Å². The second-order valence-electron chi connectivity index (χ2n) is 3.77. The second kappa shape index (κ2) is 5.66. The van der Waals surface area contributed by atoms with Gasteiger partial charge >= 0.3 is 5.97 Å². The average molecular weight is 241 g/mol. The summed E-state index contributed by atoms with van der Waals surface area (Å²) < 4.78 is 0. The molecule has 0 aliphatic heterocycles. The maximum atomic E-state index is 10.7. The summed E-state index contributed by atoms with van der Waals surface area (Å²) >= 11 is 5.95. The van der Waals surface area contributed by atoms with Gasteiger partial charge in [0.25, 0.3) is 0 Å². The van der Waals surface area contributed by atoms with Gasteiger partial charge in [0.15, 0.2) is 0 Å². The summed E-state index contributed by atoms with van der Waals surface area (Å²) in [5, 5.41) is 9.22. The van der Waals surface area contributed by atoms with Crippen LogP contribution in [-0.4, -0.2) is 17.4 Å². The molecular weight excluding hydrogens is 228 g/mol. The summed E-state index contributed by atoms with van der Waals surface area (Å²) in [6.45, 7) is 1.79. The van der Waals surface area contributed by atoms with Crippen molar-refractivity contribution >= 4 is 23.9 Å². The van der Waals surface area contributed by atoms with E-state index in [4.69, 9.17) is 16.7 Å². The van der Waals surface area contributed by atoms with Crippen LogP contribution in [-0.2, 0) is 22.4 Å². The third kappa shape index (κ3) is 3.35. The minimum Gasteiger partial charge on any atom is -0.481 e. The molecule has 1 rings (SSSR count). The fourth-order valence-corrected chi connectivity index (χ4v) is 1.80. The minimum absolute atomic E-state index is 0.111. The zero-order chi connectivity index (χ0) is 12.1. The van der Waals surface area contributed by atoms with Crippen molar-refractivity contribution in [1.82, 2.24) is 0 Å². The molecule has 0 spiro atoms. The normalized spacial score (nSPS) is 12.1. The molecule has 0 bridgehead atoms. The van der Waals surface area contributed by atoms with Gasteiger partial charge in [-0.2, -0.15) is 0 Å². The van der Waals surface area contributed by atoms with Crippen molar-refractivity contribution in [2.24, 2.45) is 5.92 Å². The Morgan fingerprint density at radius 3 is 2.81 bits per heavy atom. The van der Waals surface area contributed by atoms with Crippen LogP contribution in [0.2, 0.25) is 5.02 Å². The lowest BCUT2D eigenvalue weighted by atomic mass is 9.96. The van der Waals surface area contributed by atoms with Crippen LogP contribution < -0.4 is 0 Å². The molecule has 3 nitrogen and oxygen atoms in total. The first kappa shape index (κ1) is 12.7. The molecule has 0 heterocycles. The van der Waals surface area contributed by atoms with Crippen LogP contribution in [0.4, 0.5) is 0 Å². The third-order valence-electron chi connectivity index (χ3n) is 2.32. The van der Waals surface area contributed by atoms with Gasteiger partial charge in [-0.15, -0.1) is 0 Å². The lowest BCUT2D eigenvalue weighted by Gasteiger charge is -2.11. The van der Waals surface area contributed by atoms with Gasteiger partial charge in [0.2, 0.25) is 0 Å². The molecular formula is C12H13ClO3. The van der Waals surface area contributed by atoms with E-state index in [0.717, 1.165) is 11.8 Å². The Morgan fingerprint density at radius 1 is 1.56 bits per heavy atom. The first-order valence-electron chi connectivity index (χ1n) is 4.98. The number of hydrogen-bond acceptors (Lipinski definition) is 2. The molecule has 0 fully saturated rings. The smallest absolute Gasteiger partial charge is 0.307 e. The van der Waals surface area contributed by atoms with Crippen molar-refractivity contribution in [1.29, 1.82) is 0 Å². The van der Waals surface area contributed by atoms with Crippen molar-refractivity contribution in [2.75, 3.05) is 0 Å². The van der Waals surface area contributed by atoms with Crippen molar-refractivity contribution in [3.8, 4) is 0 Å². The van der Waals surface area contributed by atoms with E-state index in [9.17, 15) is 9.59 Å². The Balaban J connectivity index is 3.02. The highest BCUT2D eigenvalue weighted by molar-refractivity contribution is 6.31. The van der Waals surface area contributed by atoms with Gasteiger partial charge in [-0.1, -0.05) is 30.7 Å². The fourth-order valence-electron chi connectivity index (χ4n) is 1.54. The van der Waals surface area contributed by atoms with Gasteiger partial charge in [0.1, 0.15) is 6.29 Å². The molecule has 1 aromatic rings. The number of aliphatic carboxylic acids is 1. The van der Waals surface area contributed by atoms with E-state index in [0.29, 0.717) is 17.0 Å². The predicted octanol–water partition coefficient (Wildman–Crippen LogP) is 2.34. The van der Waals surface area contributed by atoms with E-state index in [-0.39, 0.29) is 12.3 Å². The number of benzene rings is 1. The number of carboxylic acids is 1. The number of carbonyl (C=O) groups is 2. The molecule has 86 valence electrons. The minimum atomic E-state index is -0.923. The Hall–Kier alpha value is -1.35. The molecule has 4 heteroatoms. The number of carboxylic acid groups (broad SMARTS) is 1. The molecule has 0 saturated carbocycles. The van der Waals surface area contributed by atoms with Crippen LogP contribution in [0.15, 0.2) is 18.2 Å². The molecule has 1 N–H and O–H groups in total. The average Bonchev–Trinajstić information content (AvgIpc) is 2.22. The number of hydrogen-bond donors (Lipinski definition) is 1. The van der Waals surface area contributed by atoms with Gasteiger partial charge in [-0.25, -0.2) is 0 Å². The summed E-state index contributed by atoms with van der Waals surface area (Å²) in [6.07, 6.45) is 1.26. The van der Waals surface area contributed by atoms with Gasteiger partial charge in [0, 0.05) is 10.9 Å². The molecule has 1 aromatic carbocycles. The number of halogens is 1. The first-order valence-corrected chi connectivity index (χ1v) is 5.35. The summed E-state index contributed by atoms with van der Waals surface area (Å²) in [5.41, 5.74) is 1.43. The van der Waals surface area contributed by atoms with Crippen LogP contribution in [0, 0.1) is 5.92 Å². The maximum Gasteiger partial charge on any atom is 0.307 e. The zero-order valence-corrected chi connectivity index (χ0v) is 9.70. The highest BCUT2D eigenvalue weighted by Gasteiger charge is 2.12. The summed E-state index contributed by atoms with van der Waals surface area (Å²) in [7, 11) is 0. The Kier molecular flexibility index (Phi) is 4.50. The highest BCUT2D eigenvalue weighted by atomic mass is 35.5. The molecule has 0 aliphatic rings. The van der Waals surface area contributed by atoms with Crippen LogP contribution in [0.5, 0.6) is 0 Å². The molecule has 16 heavy (non-hydrogen) atoms. The van der Waals surface area contributed by atoms with E-state index in [2.05, 4.69) is 0 Å². The van der Waals surface area contributed by atoms with Crippen LogP contribution in [0.1, 0.15) is 18.1 Å². The van der Waals surface area contributed by atoms with E-state index < -0.39 is 5.97 Å². The van der Waals surface area contributed by atoms with Crippen molar-refractivity contribution in [2.45, 2.75) is 19.8 Å². The molecule has 0 aliphatic carbocycles. The third-order valence-corrected chi connectivity index (χ3v) is 2.67. The molecule has 0 amide bonds. The number of aldehydes is 1.